The van der Waals surface area contributed by atoms with Gasteiger partial charge in [0.15, 0.2) is 5.75 Å². The van der Waals surface area contributed by atoms with Gasteiger partial charge in [-0.3, -0.25) is 9.52 Å². The predicted octanol–water partition coefficient (Wildman–Crippen LogP) is 3.04. The number of hydrogen-bond donors (Lipinski definition) is 2. The molecule has 1 aliphatic rings. The molecule has 4 rings (SSSR count). The van der Waals surface area contributed by atoms with Crippen molar-refractivity contribution in [2.24, 2.45) is 5.92 Å². The maximum Gasteiger partial charge on any atom is 0.262 e. The highest BCUT2D eigenvalue weighted by Crippen LogP contribution is 2.36. The number of anilines is 1. The van der Waals surface area contributed by atoms with Gasteiger partial charge in [0.2, 0.25) is 10.0 Å². The molecular weight excluding hydrogens is 582 g/mol. The van der Waals surface area contributed by atoms with Crippen LogP contribution in [0, 0.1) is 5.92 Å². The monoisotopic (exact) mass is 617 g/mol. The quantitative estimate of drug-likeness (QED) is 0.354. The van der Waals surface area contributed by atoms with E-state index in [1.165, 1.54) is 78.0 Å². The summed E-state index contributed by atoms with van der Waals surface area (Å²) < 4.78 is 68.5. The average molecular weight is 618 g/mol. The highest BCUT2D eigenvalue weighted by atomic mass is 32.2. The van der Waals surface area contributed by atoms with E-state index in [2.05, 4.69) is 4.72 Å². The Balaban J connectivity index is 1.75. The first-order chi connectivity index (χ1) is 19.9. The van der Waals surface area contributed by atoms with Gasteiger partial charge in [-0.15, -0.1) is 0 Å². The first-order valence-electron chi connectivity index (χ1n) is 13.3. The zero-order valence-corrected chi connectivity index (χ0v) is 25.4. The van der Waals surface area contributed by atoms with Gasteiger partial charge in [-0.2, -0.15) is 4.31 Å². The Morgan fingerprint density at radius 1 is 1.02 bits per heavy atom. The number of methoxy groups -OCH3 is 1. The van der Waals surface area contributed by atoms with Gasteiger partial charge in [0, 0.05) is 19.5 Å². The number of hydrogen-bond acceptors (Lipinski definition) is 8. The van der Waals surface area contributed by atoms with Crippen molar-refractivity contribution in [3.8, 4) is 11.5 Å². The Kier molecular flexibility index (Phi) is 9.46. The molecular formula is C29H35N3O8S2. The Bertz CT molecular complexity index is 1610. The summed E-state index contributed by atoms with van der Waals surface area (Å²) in [5, 5.41) is 9.90. The molecule has 0 saturated heterocycles. The van der Waals surface area contributed by atoms with Crippen LogP contribution in [0.1, 0.15) is 24.2 Å². The number of sulfonamides is 2. The third kappa shape index (κ3) is 6.54. The number of para-hydroxylation sites is 1. The second-order valence-corrected chi connectivity index (χ2v) is 13.9. The Hall–Kier alpha value is -3.65. The molecule has 1 aliphatic heterocycles. The van der Waals surface area contributed by atoms with Crippen LogP contribution in [0.3, 0.4) is 0 Å². The molecule has 0 bridgehead atoms. The summed E-state index contributed by atoms with van der Waals surface area (Å²) in [6.45, 7) is 3.29. The van der Waals surface area contributed by atoms with Gasteiger partial charge in [-0.25, -0.2) is 16.8 Å². The molecule has 1 amide bonds. The molecule has 0 radical (unpaired) electrons. The van der Waals surface area contributed by atoms with Crippen molar-refractivity contribution in [3.05, 3.63) is 78.4 Å². The molecule has 13 heteroatoms. The zero-order chi connectivity index (χ0) is 30.7. The van der Waals surface area contributed by atoms with Gasteiger partial charge >= 0.3 is 0 Å². The summed E-state index contributed by atoms with van der Waals surface area (Å²) in [5.74, 6) is -0.405. The van der Waals surface area contributed by atoms with E-state index in [9.17, 15) is 26.7 Å². The topological polar surface area (TPSA) is 143 Å². The van der Waals surface area contributed by atoms with Crippen molar-refractivity contribution in [3.63, 3.8) is 0 Å². The Morgan fingerprint density at radius 3 is 2.31 bits per heavy atom. The Labute approximate surface area is 246 Å². The molecule has 0 unspecified atom stereocenters. The van der Waals surface area contributed by atoms with E-state index >= 15 is 0 Å². The number of amides is 1. The fourth-order valence-corrected chi connectivity index (χ4v) is 6.89. The fraction of sp³-hybridized carbons (Fsp3) is 0.345. The number of rotatable bonds is 10. The molecule has 0 aromatic heterocycles. The van der Waals surface area contributed by atoms with E-state index in [4.69, 9.17) is 9.47 Å². The highest BCUT2D eigenvalue weighted by molar-refractivity contribution is 7.92. The molecule has 3 aromatic rings. The van der Waals surface area contributed by atoms with Crippen LogP contribution in [-0.2, 0) is 20.0 Å². The first-order valence-corrected chi connectivity index (χ1v) is 16.2. The molecule has 42 heavy (non-hydrogen) atoms. The zero-order valence-electron chi connectivity index (χ0n) is 23.8. The largest absolute Gasteiger partial charge is 0.497 e. The van der Waals surface area contributed by atoms with E-state index in [0.29, 0.717) is 5.75 Å². The summed E-state index contributed by atoms with van der Waals surface area (Å²) in [4.78, 5) is 15.3. The van der Waals surface area contributed by atoms with Crippen molar-refractivity contribution >= 4 is 31.6 Å². The summed E-state index contributed by atoms with van der Waals surface area (Å²) in [5.41, 5.74) is 0.0941. The summed E-state index contributed by atoms with van der Waals surface area (Å²) in [6, 6.07) is 17.7. The highest BCUT2D eigenvalue weighted by Gasteiger charge is 2.36. The van der Waals surface area contributed by atoms with Crippen LogP contribution in [0.15, 0.2) is 82.6 Å². The van der Waals surface area contributed by atoms with Crippen LogP contribution < -0.4 is 14.2 Å². The Morgan fingerprint density at radius 2 is 1.69 bits per heavy atom. The number of benzene rings is 3. The van der Waals surface area contributed by atoms with Gasteiger partial charge in [-0.05, 0) is 55.5 Å². The van der Waals surface area contributed by atoms with Crippen molar-refractivity contribution in [2.75, 3.05) is 38.6 Å². The number of aliphatic hydroxyl groups is 1. The fourth-order valence-electron chi connectivity index (χ4n) is 4.62. The third-order valence-corrected chi connectivity index (χ3v) is 10.4. The van der Waals surface area contributed by atoms with Gasteiger partial charge < -0.3 is 19.5 Å². The van der Waals surface area contributed by atoms with Crippen LogP contribution in [0.4, 0.5) is 5.69 Å². The molecule has 3 atom stereocenters. The van der Waals surface area contributed by atoms with E-state index < -0.39 is 44.0 Å². The summed E-state index contributed by atoms with van der Waals surface area (Å²) in [7, 11) is -5.08. The van der Waals surface area contributed by atoms with Crippen LogP contribution in [-0.4, -0.2) is 83.1 Å². The molecule has 0 spiro atoms. The average Bonchev–Trinajstić information content (AvgIpc) is 2.99. The van der Waals surface area contributed by atoms with Crippen molar-refractivity contribution in [1.82, 2.24) is 9.21 Å². The third-order valence-electron chi connectivity index (χ3n) is 7.19. The molecule has 0 aliphatic carbocycles. The normalized spacial score (nSPS) is 18.4. The minimum atomic E-state index is -4.11. The van der Waals surface area contributed by atoms with Gasteiger partial charge in [-0.1, -0.05) is 31.2 Å². The van der Waals surface area contributed by atoms with Gasteiger partial charge in [0.05, 0.1) is 47.3 Å². The minimum absolute atomic E-state index is 0.0148. The lowest BCUT2D eigenvalue weighted by atomic mass is 9.99. The summed E-state index contributed by atoms with van der Waals surface area (Å²) in [6.07, 6.45) is -0.791. The molecule has 1 heterocycles. The number of nitrogens with one attached hydrogen (secondary N) is 1. The molecule has 11 nitrogen and oxygen atoms in total. The maximum atomic E-state index is 13.7. The number of ether oxygens (including phenoxy) is 2. The predicted molar refractivity (Wildman–Crippen MR) is 158 cm³/mol. The minimum Gasteiger partial charge on any atom is -0.497 e. The van der Waals surface area contributed by atoms with Crippen LogP contribution in [0.5, 0.6) is 11.5 Å². The van der Waals surface area contributed by atoms with Crippen LogP contribution in [0.25, 0.3) is 0 Å². The number of carbonyl (C=O) groups excluding carboxylic acids is 1. The van der Waals surface area contributed by atoms with Gasteiger partial charge in [0.25, 0.3) is 15.9 Å². The van der Waals surface area contributed by atoms with E-state index in [1.807, 2.05) is 6.92 Å². The molecule has 0 fully saturated rings. The lowest BCUT2D eigenvalue weighted by molar-refractivity contribution is 0.0389. The molecule has 2 N–H and O–H groups in total. The SMILES string of the molecule is COc1ccc(S(=O)(=O)Nc2cccc3c2O[C@@H](CN(C)S(=O)(=O)c2ccccc2)[C@@H](C)CN([C@@H](C)CO)C3=O)cc1. The number of likely N-dealkylation sites (N-methyl/N-ethyl adjacent to an activating group) is 1. The van der Waals surface area contributed by atoms with Crippen LogP contribution >= 0.6 is 0 Å². The number of aliphatic hydroxyl groups excluding tert-OH is 1. The number of carbonyl (C=O) groups is 1. The van der Waals surface area contributed by atoms with E-state index in [1.54, 1.807) is 25.1 Å². The lowest BCUT2D eigenvalue weighted by Crippen LogP contribution is -2.50. The second-order valence-electron chi connectivity index (χ2n) is 10.2. The first kappa shape index (κ1) is 31.3. The summed E-state index contributed by atoms with van der Waals surface area (Å²) >= 11 is 0. The number of nitrogens with zero attached hydrogens (tertiary/aromatic N) is 2. The van der Waals surface area contributed by atoms with Gasteiger partial charge in [0.1, 0.15) is 11.9 Å². The molecule has 226 valence electrons. The van der Waals surface area contributed by atoms with E-state index in [-0.39, 0.29) is 46.5 Å². The smallest absolute Gasteiger partial charge is 0.262 e. The van der Waals surface area contributed by atoms with Crippen molar-refractivity contribution in [1.29, 1.82) is 0 Å². The van der Waals surface area contributed by atoms with E-state index in [0.717, 1.165) is 0 Å². The maximum absolute atomic E-state index is 13.7. The second kappa shape index (κ2) is 12.7. The lowest BCUT2D eigenvalue weighted by Gasteiger charge is -2.38. The van der Waals surface area contributed by atoms with Crippen molar-refractivity contribution < 1.29 is 36.2 Å². The standard InChI is InChI=1S/C29H35N3O8S2/c1-20-17-32(21(2)19-33)29(34)25-11-8-12-26(30-41(35,36)23-15-13-22(39-4)14-16-23)28(25)40-27(20)18-31(3)42(37,38)24-9-6-5-7-10-24/h5-16,20-21,27,30,33H,17-19H2,1-4H3/t20-,21-,27-/m0/s1. The molecule has 0 saturated carbocycles. The molecule has 3 aromatic carbocycles. The van der Waals surface area contributed by atoms with Crippen molar-refractivity contribution in [2.45, 2.75) is 35.8 Å². The number of fused-ring (bicyclic) bond motifs is 1. The van der Waals surface area contributed by atoms with Crippen LogP contribution in [0.2, 0.25) is 0 Å².